The molecule has 0 N–H and O–H groups in total. The summed E-state index contributed by atoms with van der Waals surface area (Å²) in [5.74, 6) is 0. The summed E-state index contributed by atoms with van der Waals surface area (Å²) in [5.41, 5.74) is 3.12. The van der Waals surface area contributed by atoms with Gasteiger partial charge >= 0.3 is 0 Å². The molecule has 0 atom stereocenters. The van der Waals surface area contributed by atoms with Crippen LogP contribution >= 0.6 is 24.1 Å². The molecule has 1 heterocycles. The Balaban J connectivity index is 2.15. The number of hydrogen-bond acceptors (Lipinski definition) is 1. The van der Waals surface area contributed by atoms with E-state index in [2.05, 4.69) is 34.1 Å². The predicted octanol–water partition coefficient (Wildman–Crippen LogP) is 5.44. The van der Waals surface area contributed by atoms with Crippen molar-refractivity contribution in [3.8, 4) is 11.1 Å². The van der Waals surface area contributed by atoms with Crippen LogP contribution in [0.3, 0.4) is 0 Å². The third-order valence-electron chi connectivity index (χ3n) is 2.39. The van der Waals surface area contributed by atoms with Crippen LogP contribution in [0.4, 0.5) is 0 Å². The number of rotatable bonds is 1. The van der Waals surface area contributed by atoms with Gasteiger partial charge in [0, 0.05) is 15.2 Å². The molecule has 0 saturated carbocycles. The van der Waals surface area contributed by atoms with Crippen molar-refractivity contribution in [3.63, 3.8) is 0 Å². The SMILES string of the molecule is Brc1ccc(-c2oc3ccccc3p2)cc1. The summed E-state index contributed by atoms with van der Waals surface area (Å²) in [6.45, 7) is 0. The van der Waals surface area contributed by atoms with Gasteiger partial charge in [0.1, 0.15) is 5.58 Å². The minimum absolute atomic E-state index is 0.974. The zero-order chi connectivity index (χ0) is 11.0. The van der Waals surface area contributed by atoms with Crippen LogP contribution in [0.25, 0.3) is 21.8 Å². The van der Waals surface area contributed by atoms with E-state index >= 15 is 0 Å². The molecule has 0 radical (unpaired) electrons. The minimum atomic E-state index is 0.974. The smallest absolute Gasteiger partial charge is 0.161 e. The second kappa shape index (κ2) is 4.04. The van der Waals surface area contributed by atoms with Crippen LogP contribution in [-0.4, -0.2) is 0 Å². The molecule has 0 unspecified atom stereocenters. The third-order valence-corrected chi connectivity index (χ3v) is 4.08. The van der Waals surface area contributed by atoms with Gasteiger partial charge in [-0.3, -0.25) is 0 Å². The van der Waals surface area contributed by atoms with Crippen molar-refractivity contribution in [2.45, 2.75) is 0 Å². The molecule has 2 aromatic carbocycles. The van der Waals surface area contributed by atoms with Crippen molar-refractivity contribution < 1.29 is 4.42 Å². The van der Waals surface area contributed by atoms with Gasteiger partial charge in [0.05, 0.1) is 0 Å². The summed E-state index contributed by atoms with van der Waals surface area (Å²) in [5, 5.41) is 1.24. The highest BCUT2D eigenvalue weighted by atomic mass is 79.9. The quantitative estimate of drug-likeness (QED) is 0.581. The molecular formula is C13H8BrOP. The monoisotopic (exact) mass is 290 g/mol. The van der Waals surface area contributed by atoms with E-state index in [1.807, 2.05) is 30.3 Å². The molecule has 0 aliphatic heterocycles. The lowest BCUT2D eigenvalue weighted by atomic mass is 10.2. The lowest BCUT2D eigenvalue weighted by molar-refractivity contribution is 0.639. The van der Waals surface area contributed by atoms with Gasteiger partial charge < -0.3 is 4.42 Å². The first kappa shape index (κ1) is 10.1. The lowest BCUT2D eigenvalue weighted by Crippen LogP contribution is -1.69. The third kappa shape index (κ3) is 1.79. The summed E-state index contributed by atoms with van der Waals surface area (Å²) in [6.07, 6.45) is 0. The predicted molar refractivity (Wildman–Crippen MR) is 71.9 cm³/mol. The fourth-order valence-corrected chi connectivity index (χ4v) is 2.88. The average molecular weight is 291 g/mol. The molecule has 0 amide bonds. The zero-order valence-corrected chi connectivity index (χ0v) is 10.8. The highest BCUT2D eigenvalue weighted by Gasteiger charge is 2.05. The van der Waals surface area contributed by atoms with Gasteiger partial charge in [0.25, 0.3) is 0 Å². The zero-order valence-electron chi connectivity index (χ0n) is 8.35. The molecule has 1 aromatic heterocycles. The largest absolute Gasteiger partial charge is 0.451 e. The van der Waals surface area contributed by atoms with Crippen LogP contribution in [0.2, 0.25) is 0 Å². The number of benzene rings is 2. The summed E-state index contributed by atoms with van der Waals surface area (Å²) in [6, 6.07) is 16.3. The van der Waals surface area contributed by atoms with E-state index in [0.717, 1.165) is 29.3 Å². The molecule has 3 rings (SSSR count). The maximum atomic E-state index is 5.82. The summed E-state index contributed by atoms with van der Waals surface area (Å²) < 4.78 is 6.91. The standard InChI is InChI=1S/C13H8BrOP/c14-10-7-5-9(6-8-10)13-15-11-3-1-2-4-12(11)16-13/h1-8H. The fourth-order valence-electron chi connectivity index (χ4n) is 1.59. The van der Waals surface area contributed by atoms with Crippen LogP contribution in [0.1, 0.15) is 0 Å². The molecule has 0 spiro atoms. The van der Waals surface area contributed by atoms with Crippen LogP contribution in [0.15, 0.2) is 57.4 Å². The Labute approximate surface area is 103 Å². The normalized spacial score (nSPS) is 11.3. The second-order valence-electron chi connectivity index (χ2n) is 3.49. The topological polar surface area (TPSA) is 13.1 Å². The fraction of sp³-hybridized carbons (Fsp3) is 0. The molecule has 0 fully saturated rings. The van der Waals surface area contributed by atoms with Crippen molar-refractivity contribution in [2.75, 3.05) is 0 Å². The van der Waals surface area contributed by atoms with Crippen molar-refractivity contribution >= 4 is 34.8 Å². The molecule has 78 valence electrons. The van der Waals surface area contributed by atoms with Gasteiger partial charge in [-0.05, 0) is 44.6 Å². The Kier molecular flexibility index (Phi) is 2.55. The molecular weight excluding hydrogens is 283 g/mol. The number of hydrogen-bond donors (Lipinski definition) is 0. The van der Waals surface area contributed by atoms with E-state index in [1.54, 1.807) is 0 Å². The van der Waals surface area contributed by atoms with E-state index in [1.165, 1.54) is 5.12 Å². The van der Waals surface area contributed by atoms with Gasteiger partial charge in [-0.2, -0.15) is 0 Å². The van der Waals surface area contributed by atoms with Crippen molar-refractivity contribution in [1.29, 1.82) is 0 Å². The molecule has 0 bridgehead atoms. The van der Waals surface area contributed by atoms with Gasteiger partial charge in [-0.25, -0.2) is 0 Å². The highest BCUT2D eigenvalue weighted by Crippen LogP contribution is 2.37. The van der Waals surface area contributed by atoms with E-state index in [9.17, 15) is 0 Å². The molecule has 16 heavy (non-hydrogen) atoms. The molecule has 3 aromatic rings. The Morgan fingerprint density at radius 1 is 0.938 bits per heavy atom. The van der Waals surface area contributed by atoms with E-state index in [0.29, 0.717) is 0 Å². The summed E-state index contributed by atoms with van der Waals surface area (Å²) in [4.78, 5) is 0. The van der Waals surface area contributed by atoms with Crippen molar-refractivity contribution in [1.82, 2.24) is 0 Å². The Hall–Kier alpha value is -1.11. The van der Waals surface area contributed by atoms with Gasteiger partial charge in [-0.1, -0.05) is 28.1 Å². The summed E-state index contributed by atoms with van der Waals surface area (Å²) in [7, 11) is 1.15. The van der Waals surface area contributed by atoms with Gasteiger partial charge in [0.15, 0.2) is 5.49 Å². The van der Waals surface area contributed by atoms with Crippen LogP contribution in [0, 0.1) is 0 Å². The lowest BCUT2D eigenvalue weighted by Gasteiger charge is -1.95. The van der Waals surface area contributed by atoms with Crippen LogP contribution in [-0.2, 0) is 0 Å². The first-order valence-corrected chi connectivity index (χ1v) is 6.63. The molecule has 0 aliphatic carbocycles. The Morgan fingerprint density at radius 2 is 1.69 bits per heavy atom. The first-order valence-electron chi connectivity index (χ1n) is 4.94. The minimum Gasteiger partial charge on any atom is -0.451 e. The molecule has 3 heteroatoms. The van der Waals surface area contributed by atoms with Crippen LogP contribution < -0.4 is 0 Å². The molecule has 0 aliphatic rings. The average Bonchev–Trinajstić information content (AvgIpc) is 2.73. The maximum absolute atomic E-state index is 5.82. The number of para-hydroxylation sites is 1. The Morgan fingerprint density at radius 3 is 2.44 bits per heavy atom. The highest BCUT2D eigenvalue weighted by molar-refractivity contribution is 9.10. The van der Waals surface area contributed by atoms with Crippen LogP contribution in [0.5, 0.6) is 0 Å². The molecule has 0 saturated heterocycles. The maximum Gasteiger partial charge on any atom is 0.161 e. The van der Waals surface area contributed by atoms with E-state index < -0.39 is 0 Å². The van der Waals surface area contributed by atoms with Crippen molar-refractivity contribution in [2.24, 2.45) is 0 Å². The number of fused-ring (bicyclic) bond motifs is 1. The number of halogens is 1. The van der Waals surface area contributed by atoms with E-state index in [4.69, 9.17) is 4.42 Å². The van der Waals surface area contributed by atoms with E-state index in [-0.39, 0.29) is 0 Å². The van der Waals surface area contributed by atoms with Gasteiger partial charge in [-0.15, -0.1) is 0 Å². The van der Waals surface area contributed by atoms with Crippen molar-refractivity contribution in [3.05, 3.63) is 53.0 Å². The second-order valence-corrected chi connectivity index (χ2v) is 5.52. The van der Waals surface area contributed by atoms with Gasteiger partial charge in [0.2, 0.25) is 0 Å². The molecule has 1 nitrogen and oxygen atoms in total. The Bertz CT molecular complexity index is 595. The summed E-state index contributed by atoms with van der Waals surface area (Å²) >= 11 is 3.43. The first-order chi connectivity index (χ1) is 7.83.